The van der Waals surface area contributed by atoms with Crippen LogP contribution < -0.4 is 5.73 Å². The maximum absolute atomic E-state index is 8.52. The molecule has 70 valence electrons. The van der Waals surface area contributed by atoms with E-state index in [0.717, 1.165) is 17.5 Å². The number of hydrogen-bond acceptors (Lipinski definition) is 4. The van der Waals surface area contributed by atoms with Crippen LogP contribution in [0.15, 0.2) is 10.3 Å². The second-order valence-electron chi connectivity index (χ2n) is 2.52. The Hall–Kier alpha value is -0.880. The highest BCUT2D eigenvalue weighted by Gasteiger charge is 2.22. The van der Waals surface area contributed by atoms with Crippen LogP contribution in [-0.2, 0) is 6.54 Å². The van der Waals surface area contributed by atoms with Crippen LogP contribution in [0.1, 0.15) is 5.69 Å². The molecule has 3 N–H and O–H groups in total. The van der Waals surface area contributed by atoms with Crippen molar-refractivity contribution in [1.82, 2.24) is 9.55 Å². The van der Waals surface area contributed by atoms with Gasteiger partial charge in [0.1, 0.15) is 5.69 Å². The monoisotopic (exact) mass is 218 g/mol. The number of fused-ring (bicyclic) bond motifs is 1. The third-order valence-corrected chi connectivity index (χ3v) is 3.01. The van der Waals surface area contributed by atoms with Gasteiger partial charge in [-0.1, -0.05) is 28.5 Å². The van der Waals surface area contributed by atoms with Crippen LogP contribution in [0.4, 0.5) is 0 Å². The molecule has 0 saturated heterocycles. The van der Waals surface area contributed by atoms with Gasteiger partial charge in [0.15, 0.2) is 16.1 Å². The van der Waals surface area contributed by atoms with E-state index in [1.807, 2.05) is 4.57 Å². The van der Waals surface area contributed by atoms with E-state index >= 15 is 0 Å². The molecule has 13 heavy (non-hydrogen) atoms. The Morgan fingerprint density at radius 2 is 2.54 bits per heavy atom. The molecule has 5 nitrogen and oxygen atoms in total. The first-order chi connectivity index (χ1) is 6.24. The van der Waals surface area contributed by atoms with Gasteiger partial charge in [-0.2, -0.15) is 0 Å². The summed E-state index contributed by atoms with van der Waals surface area (Å²) in [7, 11) is 0. The van der Waals surface area contributed by atoms with Gasteiger partial charge in [0, 0.05) is 12.3 Å². The van der Waals surface area contributed by atoms with Gasteiger partial charge in [-0.25, -0.2) is 4.98 Å². The average Bonchev–Trinajstić information content (AvgIpc) is 2.62. The van der Waals surface area contributed by atoms with Gasteiger partial charge in [0.2, 0.25) is 0 Å². The van der Waals surface area contributed by atoms with Crippen LogP contribution in [0.2, 0.25) is 5.15 Å². The molecule has 0 amide bonds. The minimum atomic E-state index is 0.00579. The normalized spacial score (nSPS) is 16.2. The number of rotatable bonds is 1. The lowest BCUT2D eigenvalue weighted by Crippen LogP contribution is -2.18. The number of amidine groups is 1. The fraction of sp³-hybridized carbons (Fsp3) is 0.333. The van der Waals surface area contributed by atoms with Crippen molar-refractivity contribution in [2.75, 3.05) is 5.75 Å². The topological polar surface area (TPSA) is 76.4 Å². The molecule has 1 aliphatic rings. The Kier molecular flexibility index (Phi) is 2.09. The number of nitrogens with two attached hydrogens (primary N) is 1. The molecule has 0 saturated carbocycles. The average molecular weight is 219 g/mol. The largest absolute Gasteiger partial charge is 0.409 e. The summed E-state index contributed by atoms with van der Waals surface area (Å²) in [6, 6.07) is 0. The van der Waals surface area contributed by atoms with Crippen molar-refractivity contribution < 1.29 is 5.21 Å². The van der Waals surface area contributed by atoms with E-state index in [9.17, 15) is 0 Å². The summed E-state index contributed by atoms with van der Waals surface area (Å²) in [6.07, 6.45) is 0. The molecule has 0 aromatic carbocycles. The molecule has 1 aromatic heterocycles. The molecule has 0 aliphatic carbocycles. The summed E-state index contributed by atoms with van der Waals surface area (Å²) in [5.41, 5.74) is 5.96. The standard InChI is InChI=1S/C6H7ClN4OS/c7-4-3(5(8)10-12)11-1-2-13-6(11)9-4/h12H,1-2H2,(H2,8,10). The molecule has 2 heterocycles. The Labute approximate surface area is 83.6 Å². The summed E-state index contributed by atoms with van der Waals surface area (Å²) in [4.78, 5) is 4.08. The summed E-state index contributed by atoms with van der Waals surface area (Å²) in [5.74, 6) is 0.955. The minimum Gasteiger partial charge on any atom is -0.409 e. The van der Waals surface area contributed by atoms with Crippen LogP contribution >= 0.6 is 23.4 Å². The van der Waals surface area contributed by atoms with Gasteiger partial charge in [-0.05, 0) is 0 Å². The summed E-state index contributed by atoms with van der Waals surface area (Å²) >= 11 is 7.43. The van der Waals surface area contributed by atoms with E-state index in [1.165, 1.54) is 0 Å². The molecular weight excluding hydrogens is 212 g/mol. The van der Waals surface area contributed by atoms with E-state index in [0.29, 0.717) is 5.69 Å². The number of oxime groups is 1. The molecule has 1 aromatic rings. The van der Waals surface area contributed by atoms with Crippen LogP contribution in [0, 0.1) is 0 Å². The van der Waals surface area contributed by atoms with Crippen LogP contribution in [0.5, 0.6) is 0 Å². The van der Waals surface area contributed by atoms with E-state index < -0.39 is 0 Å². The third kappa shape index (κ3) is 1.26. The predicted molar refractivity (Wildman–Crippen MR) is 50.5 cm³/mol. The van der Waals surface area contributed by atoms with Crippen molar-refractivity contribution in [3.8, 4) is 0 Å². The lowest BCUT2D eigenvalue weighted by molar-refractivity contribution is 0.318. The molecule has 0 unspecified atom stereocenters. The summed E-state index contributed by atoms with van der Waals surface area (Å²) in [5, 5.41) is 12.5. The first-order valence-electron chi connectivity index (χ1n) is 3.60. The fourth-order valence-corrected chi connectivity index (χ4v) is 2.52. The highest BCUT2D eigenvalue weighted by Crippen LogP contribution is 2.29. The minimum absolute atomic E-state index is 0.00579. The van der Waals surface area contributed by atoms with Gasteiger partial charge in [0.25, 0.3) is 0 Å². The molecule has 7 heteroatoms. The van der Waals surface area contributed by atoms with E-state index in [4.69, 9.17) is 22.5 Å². The molecule has 0 fully saturated rings. The Morgan fingerprint density at radius 1 is 1.77 bits per heavy atom. The highest BCUT2D eigenvalue weighted by molar-refractivity contribution is 7.99. The second kappa shape index (κ2) is 3.12. The number of thioether (sulfide) groups is 1. The number of halogens is 1. The zero-order valence-electron chi connectivity index (χ0n) is 6.57. The van der Waals surface area contributed by atoms with Gasteiger partial charge >= 0.3 is 0 Å². The lowest BCUT2D eigenvalue weighted by Gasteiger charge is -2.01. The Morgan fingerprint density at radius 3 is 3.23 bits per heavy atom. The van der Waals surface area contributed by atoms with Crippen LogP contribution in [-0.4, -0.2) is 26.3 Å². The number of aromatic nitrogens is 2. The van der Waals surface area contributed by atoms with Gasteiger partial charge in [-0.3, -0.25) is 0 Å². The van der Waals surface area contributed by atoms with Crippen molar-refractivity contribution in [2.45, 2.75) is 11.7 Å². The third-order valence-electron chi connectivity index (χ3n) is 1.79. The first-order valence-corrected chi connectivity index (χ1v) is 4.97. The molecule has 0 spiro atoms. The first kappa shape index (κ1) is 8.71. The maximum Gasteiger partial charge on any atom is 0.190 e. The van der Waals surface area contributed by atoms with Crippen molar-refractivity contribution in [1.29, 1.82) is 0 Å². The van der Waals surface area contributed by atoms with Gasteiger partial charge in [0.05, 0.1) is 0 Å². The van der Waals surface area contributed by atoms with Crippen LogP contribution in [0.3, 0.4) is 0 Å². The van der Waals surface area contributed by atoms with Crippen molar-refractivity contribution in [3.05, 3.63) is 10.8 Å². The zero-order valence-corrected chi connectivity index (χ0v) is 8.14. The molecule has 0 radical (unpaired) electrons. The fourth-order valence-electron chi connectivity index (χ4n) is 1.24. The van der Waals surface area contributed by atoms with Crippen molar-refractivity contribution >= 4 is 29.2 Å². The van der Waals surface area contributed by atoms with Crippen molar-refractivity contribution in [2.24, 2.45) is 10.9 Å². The SMILES string of the molecule is N/C(=N/O)c1c(Cl)nc2n1CCS2. The number of hydrogen-bond donors (Lipinski definition) is 2. The van der Waals surface area contributed by atoms with E-state index in [2.05, 4.69) is 10.1 Å². The van der Waals surface area contributed by atoms with Gasteiger partial charge < -0.3 is 15.5 Å². The Bertz CT molecular complexity index is 375. The van der Waals surface area contributed by atoms with Gasteiger partial charge in [-0.15, -0.1) is 0 Å². The van der Waals surface area contributed by atoms with E-state index in [1.54, 1.807) is 11.8 Å². The molecule has 0 atom stereocenters. The predicted octanol–water partition coefficient (Wildman–Crippen LogP) is 0.737. The molecule has 0 bridgehead atoms. The quantitative estimate of drug-likeness (QED) is 0.316. The van der Waals surface area contributed by atoms with Crippen LogP contribution in [0.25, 0.3) is 0 Å². The number of nitrogens with zero attached hydrogens (tertiary/aromatic N) is 3. The second-order valence-corrected chi connectivity index (χ2v) is 3.94. The number of imidazole rings is 1. The molecular formula is C6H7ClN4OS. The highest BCUT2D eigenvalue weighted by atomic mass is 35.5. The summed E-state index contributed by atoms with van der Waals surface area (Å²) in [6.45, 7) is 0.797. The maximum atomic E-state index is 8.52. The Balaban J connectivity index is 2.56. The smallest absolute Gasteiger partial charge is 0.190 e. The van der Waals surface area contributed by atoms with E-state index in [-0.39, 0.29) is 11.0 Å². The summed E-state index contributed by atoms with van der Waals surface area (Å²) < 4.78 is 1.85. The van der Waals surface area contributed by atoms with Crippen molar-refractivity contribution in [3.63, 3.8) is 0 Å². The zero-order chi connectivity index (χ0) is 9.42. The lowest BCUT2D eigenvalue weighted by atomic mass is 10.4. The molecule has 1 aliphatic heterocycles. The molecule has 2 rings (SSSR count).